The first kappa shape index (κ1) is 13.5. The normalized spacial score (nSPS) is 17.8. The molecule has 22 heavy (non-hydrogen) atoms. The predicted molar refractivity (Wildman–Crippen MR) is 86.7 cm³/mol. The Balaban J connectivity index is 1.91. The van der Waals surface area contributed by atoms with Gasteiger partial charge in [0.2, 0.25) is 5.91 Å². The van der Waals surface area contributed by atoms with Gasteiger partial charge in [-0.2, -0.15) is 0 Å². The second-order valence-corrected chi connectivity index (χ2v) is 5.91. The largest absolute Gasteiger partial charge is 0.306 e. The third-order valence-corrected chi connectivity index (χ3v) is 4.13. The van der Waals surface area contributed by atoms with Crippen LogP contribution in [0.25, 0.3) is 0 Å². The van der Waals surface area contributed by atoms with Crippen molar-refractivity contribution in [3.8, 4) is 0 Å². The highest BCUT2D eigenvalue weighted by molar-refractivity contribution is 6.30. The van der Waals surface area contributed by atoms with Crippen LogP contribution in [-0.2, 0) is 4.79 Å². The van der Waals surface area contributed by atoms with Gasteiger partial charge in [0.15, 0.2) is 0 Å². The molecule has 5 heteroatoms. The molecule has 1 aromatic heterocycles. The van der Waals surface area contributed by atoms with Gasteiger partial charge in [-0.25, -0.2) is 4.98 Å². The number of pyridine rings is 1. The van der Waals surface area contributed by atoms with E-state index >= 15 is 0 Å². The summed E-state index contributed by atoms with van der Waals surface area (Å²) >= 11 is 6.09. The summed E-state index contributed by atoms with van der Waals surface area (Å²) in [5.41, 5.74) is 3.19. The number of benzene rings is 1. The van der Waals surface area contributed by atoms with Crippen molar-refractivity contribution in [3.05, 3.63) is 58.9 Å². The molecule has 1 fully saturated rings. The maximum atomic E-state index is 12.5. The highest BCUT2D eigenvalue weighted by Crippen LogP contribution is 2.36. The van der Waals surface area contributed by atoms with E-state index in [4.69, 9.17) is 11.6 Å². The SMILES string of the molecule is O=C1CN=C(c2ccccc2)c2nc(Cl)ccc2N1C1CC1. The van der Waals surface area contributed by atoms with Crippen LogP contribution in [0.2, 0.25) is 5.15 Å². The van der Waals surface area contributed by atoms with Gasteiger partial charge in [0.25, 0.3) is 0 Å². The number of aliphatic imine (C=N–C) groups is 1. The van der Waals surface area contributed by atoms with Gasteiger partial charge in [-0.15, -0.1) is 0 Å². The van der Waals surface area contributed by atoms with E-state index in [1.165, 1.54) is 0 Å². The summed E-state index contributed by atoms with van der Waals surface area (Å²) in [4.78, 5) is 23.3. The zero-order chi connectivity index (χ0) is 15.1. The summed E-state index contributed by atoms with van der Waals surface area (Å²) in [5, 5.41) is 0.410. The molecule has 0 radical (unpaired) electrons. The van der Waals surface area contributed by atoms with Crippen molar-refractivity contribution >= 4 is 28.9 Å². The van der Waals surface area contributed by atoms with Crippen molar-refractivity contribution in [2.24, 2.45) is 4.99 Å². The van der Waals surface area contributed by atoms with Crippen molar-refractivity contribution in [2.45, 2.75) is 18.9 Å². The number of fused-ring (bicyclic) bond motifs is 1. The Bertz CT molecular complexity index is 769. The molecule has 0 spiro atoms. The molecule has 4 rings (SSSR count). The monoisotopic (exact) mass is 311 g/mol. The van der Waals surface area contributed by atoms with Crippen molar-refractivity contribution in [1.82, 2.24) is 4.98 Å². The summed E-state index contributed by atoms with van der Waals surface area (Å²) in [6, 6.07) is 13.7. The zero-order valence-corrected chi connectivity index (χ0v) is 12.6. The smallest absolute Gasteiger partial charge is 0.248 e. The van der Waals surface area contributed by atoms with Crippen molar-refractivity contribution < 1.29 is 4.79 Å². The third-order valence-electron chi connectivity index (χ3n) is 3.92. The van der Waals surface area contributed by atoms with Crippen LogP contribution in [0.4, 0.5) is 5.69 Å². The number of amides is 1. The molecule has 1 amide bonds. The van der Waals surface area contributed by atoms with Gasteiger partial charge in [-0.05, 0) is 25.0 Å². The number of halogens is 1. The van der Waals surface area contributed by atoms with E-state index in [2.05, 4.69) is 9.98 Å². The van der Waals surface area contributed by atoms with E-state index in [9.17, 15) is 4.79 Å². The zero-order valence-electron chi connectivity index (χ0n) is 11.9. The Hall–Kier alpha value is -2.20. The van der Waals surface area contributed by atoms with E-state index in [1.807, 2.05) is 41.3 Å². The fraction of sp³-hybridized carbons (Fsp3) is 0.235. The number of aromatic nitrogens is 1. The number of carbonyl (C=O) groups excluding carboxylic acids is 1. The number of hydrogen-bond acceptors (Lipinski definition) is 3. The van der Waals surface area contributed by atoms with Crippen LogP contribution in [0.5, 0.6) is 0 Å². The fourth-order valence-electron chi connectivity index (χ4n) is 2.79. The van der Waals surface area contributed by atoms with Gasteiger partial charge in [0.05, 0.1) is 11.4 Å². The highest BCUT2D eigenvalue weighted by atomic mass is 35.5. The lowest BCUT2D eigenvalue weighted by molar-refractivity contribution is -0.117. The van der Waals surface area contributed by atoms with Crippen molar-refractivity contribution in [2.75, 3.05) is 11.4 Å². The molecule has 0 N–H and O–H groups in total. The molecular weight excluding hydrogens is 298 g/mol. The van der Waals surface area contributed by atoms with E-state index in [0.717, 1.165) is 29.8 Å². The lowest BCUT2D eigenvalue weighted by atomic mass is 10.1. The van der Waals surface area contributed by atoms with E-state index in [0.29, 0.717) is 10.8 Å². The molecule has 2 heterocycles. The van der Waals surface area contributed by atoms with Gasteiger partial charge in [-0.3, -0.25) is 9.79 Å². The molecule has 1 saturated carbocycles. The fourth-order valence-corrected chi connectivity index (χ4v) is 2.93. The minimum absolute atomic E-state index is 0.0267. The van der Waals surface area contributed by atoms with Crippen LogP contribution in [0, 0.1) is 0 Å². The summed E-state index contributed by atoms with van der Waals surface area (Å²) in [6.45, 7) is 0.148. The van der Waals surface area contributed by atoms with E-state index in [1.54, 1.807) is 6.07 Å². The molecule has 0 saturated heterocycles. The van der Waals surface area contributed by atoms with Gasteiger partial charge in [0, 0.05) is 11.6 Å². The van der Waals surface area contributed by atoms with Gasteiger partial charge in [-0.1, -0.05) is 41.9 Å². The summed E-state index contributed by atoms with van der Waals surface area (Å²) in [7, 11) is 0. The van der Waals surface area contributed by atoms with Crippen LogP contribution >= 0.6 is 11.6 Å². The van der Waals surface area contributed by atoms with Crippen LogP contribution in [0.3, 0.4) is 0 Å². The molecule has 0 bridgehead atoms. The van der Waals surface area contributed by atoms with Crippen molar-refractivity contribution in [3.63, 3.8) is 0 Å². The Kier molecular flexibility index (Phi) is 3.19. The number of hydrogen-bond donors (Lipinski definition) is 0. The summed E-state index contributed by atoms with van der Waals surface area (Å²) in [6.07, 6.45) is 2.07. The quantitative estimate of drug-likeness (QED) is 0.800. The lowest BCUT2D eigenvalue weighted by Gasteiger charge is -2.22. The third kappa shape index (κ3) is 2.29. The van der Waals surface area contributed by atoms with Crippen LogP contribution in [0.15, 0.2) is 47.5 Å². The Morgan fingerprint density at radius 1 is 1.09 bits per heavy atom. The number of anilines is 1. The number of nitrogens with zero attached hydrogens (tertiary/aromatic N) is 3. The van der Waals surface area contributed by atoms with Gasteiger partial charge in [0.1, 0.15) is 17.4 Å². The first-order valence-electron chi connectivity index (χ1n) is 7.33. The maximum Gasteiger partial charge on any atom is 0.248 e. The van der Waals surface area contributed by atoms with Crippen LogP contribution < -0.4 is 4.90 Å². The highest BCUT2D eigenvalue weighted by Gasteiger charge is 2.37. The molecule has 0 unspecified atom stereocenters. The van der Waals surface area contributed by atoms with Crippen LogP contribution in [-0.4, -0.2) is 29.2 Å². The predicted octanol–water partition coefficient (Wildman–Crippen LogP) is 3.08. The lowest BCUT2D eigenvalue weighted by Crippen LogP contribution is -2.34. The Morgan fingerprint density at radius 3 is 2.59 bits per heavy atom. The molecule has 1 aromatic carbocycles. The van der Waals surface area contributed by atoms with Gasteiger partial charge < -0.3 is 4.90 Å². The molecule has 110 valence electrons. The molecule has 1 aliphatic carbocycles. The number of rotatable bonds is 2. The Labute approximate surface area is 133 Å². The van der Waals surface area contributed by atoms with E-state index < -0.39 is 0 Å². The minimum Gasteiger partial charge on any atom is -0.306 e. The van der Waals surface area contributed by atoms with Crippen molar-refractivity contribution in [1.29, 1.82) is 0 Å². The summed E-state index contributed by atoms with van der Waals surface area (Å²) < 4.78 is 0. The number of carbonyl (C=O) groups is 1. The molecular formula is C17H14ClN3O. The van der Waals surface area contributed by atoms with Gasteiger partial charge >= 0.3 is 0 Å². The molecule has 0 atom stereocenters. The standard InChI is InChI=1S/C17H14ClN3O/c18-14-9-8-13-17(20-14)16(11-4-2-1-3-5-11)19-10-15(22)21(13)12-6-7-12/h1-5,8-9,12H,6-7,10H2. The van der Waals surface area contributed by atoms with Crippen LogP contribution in [0.1, 0.15) is 24.1 Å². The maximum absolute atomic E-state index is 12.5. The Morgan fingerprint density at radius 2 is 1.86 bits per heavy atom. The average molecular weight is 312 g/mol. The molecule has 2 aliphatic rings. The first-order valence-corrected chi connectivity index (χ1v) is 7.70. The average Bonchev–Trinajstić information content (AvgIpc) is 3.35. The molecule has 2 aromatic rings. The van der Waals surface area contributed by atoms with E-state index in [-0.39, 0.29) is 18.5 Å². The first-order chi connectivity index (χ1) is 10.7. The molecule has 1 aliphatic heterocycles. The topological polar surface area (TPSA) is 45.6 Å². The molecule has 4 nitrogen and oxygen atoms in total. The minimum atomic E-state index is 0.0267. The second kappa shape index (κ2) is 5.21. The second-order valence-electron chi connectivity index (χ2n) is 5.53. The summed E-state index contributed by atoms with van der Waals surface area (Å²) in [5.74, 6) is 0.0267.